The molecule has 2 aliphatic rings. The van der Waals surface area contributed by atoms with Gasteiger partial charge in [-0.05, 0) is 60.8 Å². The molecule has 0 aromatic heterocycles. The number of halogens is 1. The topological polar surface area (TPSA) is 81.7 Å². The number of phenolic OH excluding ortho intramolecular Hbond substituents is 1. The maximum atomic E-state index is 13.2. The number of carbonyl (C=O) groups excluding carboxylic acids is 2. The van der Waals surface area contributed by atoms with E-state index in [-0.39, 0.29) is 35.6 Å². The quantitative estimate of drug-likeness (QED) is 0.403. The molecule has 1 aliphatic heterocycles. The molecule has 3 unspecified atom stereocenters. The number of nitrogens with zero attached hydrogens (tertiary/aromatic N) is 1. The highest BCUT2D eigenvalue weighted by Crippen LogP contribution is 2.40. The lowest BCUT2D eigenvalue weighted by Crippen LogP contribution is -2.50. The Morgan fingerprint density at radius 3 is 2.63 bits per heavy atom. The van der Waals surface area contributed by atoms with Crippen LogP contribution in [0.25, 0.3) is 0 Å². The molecule has 3 rings (SSSR count). The van der Waals surface area contributed by atoms with Gasteiger partial charge in [-0.1, -0.05) is 58.1 Å². The summed E-state index contributed by atoms with van der Waals surface area (Å²) in [6.07, 6.45) is 9.48. The van der Waals surface area contributed by atoms with Gasteiger partial charge in [0.15, 0.2) is 0 Å². The number of nitrogens with one attached hydrogen (secondary N) is 2. The molecule has 0 spiro atoms. The molecule has 198 valence electrons. The Morgan fingerprint density at radius 2 is 1.97 bits per heavy atom. The Hall–Kier alpha value is -1.79. The van der Waals surface area contributed by atoms with Crippen LogP contribution in [-0.2, 0) is 15.0 Å². The van der Waals surface area contributed by atoms with Crippen molar-refractivity contribution in [3.05, 3.63) is 29.8 Å². The maximum absolute atomic E-state index is 13.2. The molecule has 1 saturated carbocycles. The first-order valence-electron chi connectivity index (χ1n) is 13.3. The number of aromatic hydroxyl groups is 1. The van der Waals surface area contributed by atoms with Gasteiger partial charge < -0.3 is 20.6 Å². The van der Waals surface area contributed by atoms with E-state index in [0.29, 0.717) is 37.0 Å². The summed E-state index contributed by atoms with van der Waals surface area (Å²) >= 11 is 0. The zero-order valence-corrected chi connectivity index (χ0v) is 22.7. The lowest BCUT2D eigenvalue weighted by Gasteiger charge is -2.46. The smallest absolute Gasteiger partial charge is 0.224 e. The summed E-state index contributed by atoms with van der Waals surface area (Å²) in [5, 5.41) is 15.8. The summed E-state index contributed by atoms with van der Waals surface area (Å²) in [5.41, 5.74) is 1.23. The van der Waals surface area contributed by atoms with Crippen molar-refractivity contribution >= 4 is 24.2 Å². The molecule has 1 aromatic carbocycles. The van der Waals surface area contributed by atoms with Crippen molar-refractivity contribution in [3.63, 3.8) is 0 Å². The van der Waals surface area contributed by atoms with E-state index in [2.05, 4.69) is 35.4 Å². The van der Waals surface area contributed by atoms with Crippen LogP contribution < -0.4 is 10.6 Å². The normalized spacial score (nSPS) is 24.3. The maximum Gasteiger partial charge on any atom is 0.224 e. The van der Waals surface area contributed by atoms with Crippen molar-refractivity contribution in [1.82, 2.24) is 15.5 Å². The molecule has 1 aromatic rings. The molecule has 1 aliphatic carbocycles. The Bertz CT molecular complexity index is 814. The van der Waals surface area contributed by atoms with Crippen molar-refractivity contribution in [2.75, 3.05) is 33.2 Å². The summed E-state index contributed by atoms with van der Waals surface area (Å²) in [6, 6.07) is 7.70. The van der Waals surface area contributed by atoms with Gasteiger partial charge >= 0.3 is 0 Å². The lowest BCUT2D eigenvalue weighted by atomic mass is 9.68. The Morgan fingerprint density at radius 1 is 1.23 bits per heavy atom. The number of phenols is 1. The highest BCUT2D eigenvalue weighted by Gasteiger charge is 2.39. The number of hydrogen-bond acceptors (Lipinski definition) is 4. The first kappa shape index (κ1) is 29.4. The van der Waals surface area contributed by atoms with Crippen molar-refractivity contribution in [2.45, 2.75) is 77.0 Å². The number of carbonyl (C=O) groups is 2. The molecule has 1 heterocycles. The molecule has 3 atom stereocenters. The third kappa shape index (κ3) is 8.38. The van der Waals surface area contributed by atoms with E-state index in [1.165, 1.54) is 37.7 Å². The van der Waals surface area contributed by atoms with Crippen LogP contribution in [0.4, 0.5) is 0 Å². The van der Waals surface area contributed by atoms with Crippen molar-refractivity contribution in [2.24, 2.45) is 17.8 Å². The summed E-state index contributed by atoms with van der Waals surface area (Å²) in [4.78, 5) is 27.2. The third-order valence-corrected chi connectivity index (χ3v) is 8.42. The standard InChI is InChI=1S/C28H45N3O3.ClH/c1-21-19-31(16-14-28(21,2)24-11-7-12-25(32)18-24)20-23(17-22-9-5-4-6-10-22)27(34)30-15-8-13-26(33)29-3;/h7,11-12,18,21-23,32H,4-6,8-10,13-17,19-20H2,1-3H3,(H,29,33)(H,30,34);1H. The molecular formula is C28H46ClN3O3. The molecule has 2 fully saturated rings. The SMILES string of the molecule is CNC(=O)CCCNC(=O)C(CC1CCCCC1)CN1CCC(C)(c2cccc(O)c2)C(C)C1.Cl. The van der Waals surface area contributed by atoms with Gasteiger partial charge in [0.25, 0.3) is 0 Å². The lowest BCUT2D eigenvalue weighted by molar-refractivity contribution is -0.127. The minimum absolute atomic E-state index is 0. The van der Waals surface area contributed by atoms with Crippen LogP contribution >= 0.6 is 12.4 Å². The molecule has 0 radical (unpaired) electrons. The fraction of sp³-hybridized carbons (Fsp3) is 0.714. The Kier molecular flexibility index (Phi) is 11.8. The van der Waals surface area contributed by atoms with Gasteiger partial charge in [-0.3, -0.25) is 9.59 Å². The molecule has 0 bridgehead atoms. The third-order valence-electron chi connectivity index (χ3n) is 8.42. The summed E-state index contributed by atoms with van der Waals surface area (Å²) < 4.78 is 0. The highest BCUT2D eigenvalue weighted by molar-refractivity contribution is 5.85. The number of rotatable bonds is 10. The number of amides is 2. The van der Waals surface area contributed by atoms with Crippen molar-refractivity contribution in [3.8, 4) is 5.75 Å². The van der Waals surface area contributed by atoms with Gasteiger partial charge in [0.05, 0.1) is 5.92 Å². The number of likely N-dealkylation sites (tertiary alicyclic amines) is 1. The fourth-order valence-corrected chi connectivity index (χ4v) is 5.90. The van der Waals surface area contributed by atoms with Gasteiger partial charge in [0.2, 0.25) is 11.8 Å². The van der Waals surface area contributed by atoms with Gasteiger partial charge in [0, 0.05) is 33.1 Å². The van der Waals surface area contributed by atoms with Crippen LogP contribution in [0, 0.1) is 17.8 Å². The van der Waals surface area contributed by atoms with E-state index in [9.17, 15) is 14.7 Å². The summed E-state index contributed by atoms with van der Waals surface area (Å²) in [7, 11) is 1.65. The predicted molar refractivity (Wildman–Crippen MR) is 144 cm³/mol. The van der Waals surface area contributed by atoms with E-state index in [0.717, 1.165) is 32.5 Å². The number of hydrogen-bond donors (Lipinski definition) is 3. The molecule has 6 nitrogen and oxygen atoms in total. The van der Waals surface area contributed by atoms with Crippen molar-refractivity contribution < 1.29 is 14.7 Å². The zero-order chi connectivity index (χ0) is 24.6. The van der Waals surface area contributed by atoms with Gasteiger partial charge in [-0.2, -0.15) is 0 Å². The second-order valence-corrected chi connectivity index (χ2v) is 10.9. The van der Waals surface area contributed by atoms with E-state index in [1.54, 1.807) is 13.1 Å². The summed E-state index contributed by atoms with van der Waals surface area (Å²) in [5.74, 6) is 1.57. The van der Waals surface area contributed by atoms with Gasteiger partial charge in [-0.25, -0.2) is 0 Å². The molecule has 35 heavy (non-hydrogen) atoms. The second-order valence-electron chi connectivity index (χ2n) is 10.9. The van der Waals surface area contributed by atoms with E-state index in [1.807, 2.05) is 12.1 Å². The summed E-state index contributed by atoms with van der Waals surface area (Å²) in [6.45, 7) is 7.88. The Balaban J connectivity index is 0.00000432. The molecule has 7 heteroatoms. The Labute approximate surface area is 218 Å². The van der Waals surface area contributed by atoms with Crippen LogP contribution in [0.2, 0.25) is 0 Å². The fourth-order valence-electron chi connectivity index (χ4n) is 5.90. The average molecular weight is 508 g/mol. The van der Waals surface area contributed by atoms with Gasteiger partial charge in [-0.15, -0.1) is 12.4 Å². The van der Waals surface area contributed by atoms with E-state index < -0.39 is 0 Å². The number of piperidine rings is 1. The monoisotopic (exact) mass is 507 g/mol. The van der Waals surface area contributed by atoms with Gasteiger partial charge in [0.1, 0.15) is 5.75 Å². The first-order valence-corrected chi connectivity index (χ1v) is 13.3. The van der Waals surface area contributed by atoms with Crippen LogP contribution in [-0.4, -0.2) is 55.0 Å². The molecule has 1 saturated heterocycles. The largest absolute Gasteiger partial charge is 0.508 e. The van der Waals surface area contributed by atoms with Crippen LogP contribution in [0.5, 0.6) is 5.75 Å². The first-order chi connectivity index (χ1) is 16.3. The van der Waals surface area contributed by atoms with Crippen molar-refractivity contribution in [1.29, 1.82) is 0 Å². The minimum atomic E-state index is 0. The number of benzene rings is 1. The van der Waals surface area contributed by atoms with Crippen LogP contribution in [0.3, 0.4) is 0 Å². The second kappa shape index (κ2) is 14.1. The average Bonchev–Trinajstić information content (AvgIpc) is 2.84. The predicted octanol–water partition coefficient (Wildman–Crippen LogP) is 4.64. The molecule has 2 amide bonds. The van der Waals surface area contributed by atoms with Crippen LogP contribution in [0.1, 0.15) is 77.2 Å². The minimum Gasteiger partial charge on any atom is -0.508 e. The van der Waals surface area contributed by atoms with E-state index >= 15 is 0 Å². The van der Waals surface area contributed by atoms with E-state index in [4.69, 9.17) is 0 Å². The zero-order valence-electron chi connectivity index (χ0n) is 21.9. The molecular weight excluding hydrogens is 462 g/mol. The highest BCUT2D eigenvalue weighted by atomic mass is 35.5. The van der Waals surface area contributed by atoms with Crippen LogP contribution in [0.15, 0.2) is 24.3 Å². The molecule has 3 N–H and O–H groups in total.